The lowest BCUT2D eigenvalue weighted by atomic mass is 10.1. The second kappa shape index (κ2) is 8.83. The topological polar surface area (TPSA) is 73.0 Å². The number of carbonyl (C=O) groups excluding carboxylic acids is 1. The van der Waals surface area contributed by atoms with Crippen LogP contribution in [-0.2, 0) is 17.9 Å². The molecule has 0 radical (unpaired) electrons. The molecular formula is C20H23N2O4S+. The maximum absolute atomic E-state index is 12.3. The van der Waals surface area contributed by atoms with Gasteiger partial charge in [0.05, 0.1) is 20.2 Å². The third kappa shape index (κ3) is 4.96. The molecule has 0 saturated heterocycles. The number of nitrogens with one attached hydrogen (secondary N) is 2. The Kier molecular flexibility index (Phi) is 6.26. The van der Waals surface area contributed by atoms with Crippen molar-refractivity contribution in [3.05, 3.63) is 62.6 Å². The predicted molar refractivity (Wildman–Crippen MR) is 105 cm³/mol. The summed E-state index contributed by atoms with van der Waals surface area (Å²) in [5, 5.41) is 5.81. The van der Waals surface area contributed by atoms with Gasteiger partial charge in [-0.3, -0.25) is 4.79 Å². The van der Waals surface area contributed by atoms with Crippen molar-refractivity contribution in [2.75, 3.05) is 20.2 Å². The smallest absolute Gasteiger partial charge is 0.336 e. The number of carbonyl (C=O) groups is 1. The molecule has 1 amide bonds. The van der Waals surface area contributed by atoms with Gasteiger partial charge in [-0.25, -0.2) is 4.79 Å². The highest BCUT2D eigenvalue weighted by Gasteiger charge is 2.16. The molecule has 7 heteroatoms. The number of benzene rings is 1. The fourth-order valence-corrected chi connectivity index (χ4v) is 3.60. The zero-order valence-electron chi connectivity index (χ0n) is 15.4. The van der Waals surface area contributed by atoms with Crippen LogP contribution in [0.2, 0.25) is 0 Å². The van der Waals surface area contributed by atoms with Gasteiger partial charge < -0.3 is 19.4 Å². The number of hydrogen-bond donors (Lipinski definition) is 2. The molecule has 0 aliphatic carbocycles. The number of likely N-dealkylation sites (N-methyl/N-ethyl adjacent to an activating group) is 1. The molecule has 1 unspecified atom stereocenters. The molecule has 27 heavy (non-hydrogen) atoms. The Bertz CT molecular complexity index is 966. The summed E-state index contributed by atoms with van der Waals surface area (Å²) in [6, 6.07) is 10.9. The second-order valence-electron chi connectivity index (χ2n) is 6.27. The third-order valence-electron chi connectivity index (χ3n) is 4.43. The van der Waals surface area contributed by atoms with Crippen molar-refractivity contribution in [2.24, 2.45) is 0 Å². The molecule has 1 atom stereocenters. The quantitative estimate of drug-likeness (QED) is 0.576. The number of fused-ring (bicyclic) bond motifs is 1. The van der Waals surface area contributed by atoms with Gasteiger partial charge in [-0.15, -0.1) is 11.3 Å². The minimum absolute atomic E-state index is 0.00538. The molecule has 3 rings (SSSR count). The molecule has 142 valence electrons. The van der Waals surface area contributed by atoms with E-state index in [1.165, 1.54) is 6.07 Å². The molecule has 0 aliphatic rings. The van der Waals surface area contributed by atoms with Crippen LogP contribution in [-0.4, -0.2) is 26.1 Å². The van der Waals surface area contributed by atoms with Crippen LogP contribution in [0.3, 0.4) is 0 Å². The van der Waals surface area contributed by atoms with E-state index in [4.69, 9.17) is 9.15 Å². The first kappa shape index (κ1) is 19.1. The predicted octanol–water partition coefficient (Wildman–Crippen LogP) is 1.58. The molecule has 2 aromatic heterocycles. The van der Waals surface area contributed by atoms with Crippen molar-refractivity contribution >= 4 is 28.2 Å². The molecule has 6 nitrogen and oxygen atoms in total. The Morgan fingerprint density at radius 2 is 2.15 bits per heavy atom. The summed E-state index contributed by atoms with van der Waals surface area (Å²) in [5.41, 5.74) is 0.963. The Labute approximate surface area is 161 Å². The van der Waals surface area contributed by atoms with Gasteiger partial charge in [0.1, 0.15) is 17.9 Å². The van der Waals surface area contributed by atoms with E-state index in [1.54, 1.807) is 24.5 Å². The van der Waals surface area contributed by atoms with Crippen LogP contribution < -0.4 is 20.6 Å². The Balaban J connectivity index is 1.72. The van der Waals surface area contributed by atoms with Gasteiger partial charge in [0.2, 0.25) is 0 Å². The summed E-state index contributed by atoms with van der Waals surface area (Å²) in [5.74, 6) is 0.629. The number of rotatable bonds is 8. The van der Waals surface area contributed by atoms with E-state index >= 15 is 0 Å². The average molecular weight is 387 g/mol. The second-order valence-corrected chi connectivity index (χ2v) is 7.30. The molecule has 0 saturated carbocycles. The average Bonchev–Trinajstić information content (AvgIpc) is 3.18. The highest BCUT2D eigenvalue weighted by Crippen LogP contribution is 2.22. The Hall–Kier alpha value is -2.64. The van der Waals surface area contributed by atoms with Crippen molar-refractivity contribution in [3.8, 4) is 5.75 Å². The standard InChI is InChI=1S/C20H22N2O4S/c1-3-22(13-19(23)21-11-16-5-4-8-27-16)12-14-9-20(24)26-18-10-15(25-2)6-7-17(14)18/h4-10H,3,11-13H2,1-2H3,(H,21,23)/p+1. The zero-order chi connectivity index (χ0) is 19.2. The van der Waals surface area contributed by atoms with Crippen LogP contribution in [0.5, 0.6) is 5.75 Å². The molecule has 0 fully saturated rings. The van der Waals surface area contributed by atoms with E-state index in [1.807, 2.05) is 36.6 Å². The summed E-state index contributed by atoms with van der Waals surface area (Å²) in [7, 11) is 1.57. The Morgan fingerprint density at radius 3 is 2.85 bits per heavy atom. The Morgan fingerprint density at radius 1 is 1.30 bits per heavy atom. The maximum atomic E-state index is 12.3. The van der Waals surface area contributed by atoms with Crippen molar-refractivity contribution in [1.82, 2.24) is 5.32 Å². The molecule has 1 aromatic carbocycles. The first-order valence-corrected chi connectivity index (χ1v) is 9.70. The highest BCUT2D eigenvalue weighted by molar-refractivity contribution is 7.09. The number of hydrogen-bond acceptors (Lipinski definition) is 5. The number of methoxy groups -OCH3 is 1. The first-order chi connectivity index (χ1) is 13.1. The van der Waals surface area contributed by atoms with Crippen LogP contribution >= 0.6 is 11.3 Å². The highest BCUT2D eigenvalue weighted by atomic mass is 32.1. The number of quaternary nitrogens is 1. The summed E-state index contributed by atoms with van der Waals surface area (Å²) >= 11 is 1.62. The van der Waals surface area contributed by atoms with Gasteiger partial charge in [0.25, 0.3) is 5.91 Å². The molecule has 3 aromatic rings. The number of ether oxygens (including phenoxy) is 1. The lowest BCUT2D eigenvalue weighted by Crippen LogP contribution is -3.11. The van der Waals surface area contributed by atoms with Crippen molar-refractivity contribution < 1.29 is 18.8 Å². The van der Waals surface area contributed by atoms with Crippen LogP contribution in [0.4, 0.5) is 0 Å². The molecule has 2 N–H and O–H groups in total. The molecule has 2 heterocycles. The monoisotopic (exact) mass is 387 g/mol. The molecule has 0 aliphatic heterocycles. The van der Waals surface area contributed by atoms with Crippen LogP contribution in [0.1, 0.15) is 17.4 Å². The SMILES string of the molecule is CC[NH+](CC(=O)NCc1cccs1)Cc1cc(=O)oc2cc(OC)ccc12. The summed E-state index contributed by atoms with van der Waals surface area (Å²) < 4.78 is 10.5. The lowest BCUT2D eigenvalue weighted by Gasteiger charge is -2.18. The third-order valence-corrected chi connectivity index (χ3v) is 5.30. The minimum Gasteiger partial charge on any atom is -0.497 e. The van der Waals surface area contributed by atoms with Gasteiger partial charge in [-0.1, -0.05) is 6.07 Å². The van der Waals surface area contributed by atoms with Gasteiger partial charge in [-0.2, -0.15) is 0 Å². The number of thiophene rings is 1. The number of amides is 1. The molecule has 0 spiro atoms. The van der Waals surface area contributed by atoms with E-state index in [-0.39, 0.29) is 5.91 Å². The van der Waals surface area contributed by atoms with Crippen molar-refractivity contribution in [1.29, 1.82) is 0 Å². The van der Waals surface area contributed by atoms with Crippen LogP contribution in [0.25, 0.3) is 11.0 Å². The maximum Gasteiger partial charge on any atom is 0.336 e. The first-order valence-electron chi connectivity index (χ1n) is 8.82. The van der Waals surface area contributed by atoms with Gasteiger partial charge in [0.15, 0.2) is 6.54 Å². The molecular weight excluding hydrogens is 364 g/mol. The van der Waals surface area contributed by atoms with E-state index in [0.717, 1.165) is 27.3 Å². The van der Waals surface area contributed by atoms with Gasteiger partial charge in [-0.05, 0) is 30.5 Å². The lowest BCUT2D eigenvalue weighted by molar-refractivity contribution is -0.904. The minimum atomic E-state index is -0.400. The normalized spacial score (nSPS) is 12.1. The fraction of sp³-hybridized carbons (Fsp3) is 0.300. The van der Waals surface area contributed by atoms with Crippen LogP contribution in [0, 0.1) is 0 Å². The summed E-state index contributed by atoms with van der Waals surface area (Å²) in [6.45, 7) is 4.26. The van der Waals surface area contributed by atoms with Crippen molar-refractivity contribution in [2.45, 2.75) is 20.0 Å². The molecule has 0 bridgehead atoms. The van der Waals surface area contributed by atoms with Gasteiger partial charge in [0, 0.05) is 28.0 Å². The van der Waals surface area contributed by atoms with E-state index in [2.05, 4.69) is 5.32 Å². The van der Waals surface area contributed by atoms with E-state index in [0.29, 0.717) is 31.0 Å². The fourth-order valence-electron chi connectivity index (χ4n) is 2.95. The van der Waals surface area contributed by atoms with Crippen molar-refractivity contribution in [3.63, 3.8) is 0 Å². The summed E-state index contributed by atoms with van der Waals surface area (Å²) in [6.07, 6.45) is 0. The van der Waals surface area contributed by atoms with E-state index in [9.17, 15) is 9.59 Å². The zero-order valence-corrected chi connectivity index (χ0v) is 16.2. The van der Waals surface area contributed by atoms with E-state index < -0.39 is 5.63 Å². The largest absolute Gasteiger partial charge is 0.497 e. The summed E-state index contributed by atoms with van der Waals surface area (Å²) in [4.78, 5) is 26.4. The van der Waals surface area contributed by atoms with Gasteiger partial charge >= 0.3 is 5.63 Å². The van der Waals surface area contributed by atoms with Crippen LogP contribution in [0.15, 0.2) is 51.0 Å².